The summed E-state index contributed by atoms with van der Waals surface area (Å²) in [5.41, 5.74) is 4.56. The van der Waals surface area contributed by atoms with Crippen molar-refractivity contribution in [2.24, 2.45) is 22.5 Å². The number of amides is 1. The van der Waals surface area contributed by atoms with Crippen LogP contribution in [0.4, 0.5) is 10.6 Å². The lowest BCUT2D eigenvalue weighted by atomic mass is 9.81. The molecule has 1 aliphatic carbocycles. The van der Waals surface area contributed by atoms with Gasteiger partial charge in [-0.15, -0.1) is 0 Å². The molecule has 0 aliphatic heterocycles. The molecule has 2 aromatic heterocycles. The van der Waals surface area contributed by atoms with Crippen LogP contribution >= 0.6 is 0 Å². The first-order chi connectivity index (χ1) is 21.9. The molecule has 2 unspecified atom stereocenters. The number of nitrogens with zero attached hydrogens (tertiary/aromatic N) is 4. The quantitative estimate of drug-likeness (QED) is 0.182. The molecule has 1 fully saturated rings. The van der Waals surface area contributed by atoms with Crippen LogP contribution in [0.1, 0.15) is 53.7 Å². The monoisotopic (exact) mass is 704 g/mol. The number of fused-ring (bicyclic) bond motifs is 1. The second-order valence-corrected chi connectivity index (χ2v) is 25.3. The number of aromatic nitrogens is 3. The molecule has 5 atom stereocenters. The Hall–Kier alpha value is -3.37. The van der Waals surface area contributed by atoms with Crippen LogP contribution in [-0.2, 0) is 38.1 Å². The molecule has 0 spiro atoms. The van der Waals surface area contributed by atoms with Crippen LogP contribution in [0.25, 0.3) is 5.52 Å². The molecule has 48 heavy (non-hydrogen) atoms. The van der Waals surface area contributed by atoms with E-state index in [9.17, 15) is 19.6 Å². The van der Waals surface area contributed by atoms with Crippen LogP contribution in [0.2, 0.25) is 39.3 Å². The Balaban J connectivity index is 2.02. The van der Waals surface area contributed by atoms with E-state index in [0.29, 0.717) is 11.2 Å². The minimum Gasteiger partial charge on any atom is -0.464 e. The third-order valence-electron chi connectivity index (χ3n) is 7.75. The summed E-state index contributed by atoms with van der Waals surface area (Å²) in [6.07, 6.45) is -0.699. The van der Waals surface area contributed by atoms with Gasteiger partial charge in [-0.3, -0.25) is 14.9 Å². The minimum absolute atomic E-state index is 0.0104. The maximum atomic E-state index is 13.0. The molecule has 0 saturated heterocycles. The summed E-state index contributed by atoms with van der Waals surface area (Å²) in [7, 11) is -4.53. The van der Waals surface area contributed by atoms with Crippen LogP contribution < -0.4 is 11.1 Å². The molecule has 0 aromatic carbocycles. The number of ether oxygens (including phenoxy) is 3. The topological polar surface area (TPSA) is 189 Å². The summed E-state index contributed by atoms with van der Waals surface area (Å²) in [5.74, 6) is -1.33. The molecule has 1 saturated carbocycles. The van der Waals surface area contributed by atoms with E-state index in [1.807, 2.05) is 40.4 Å². The number of nitrogens with two attached hydrogens (primary N) is 1. The molecule has 0 bridgehead atoms. The largest absolute Gasteiger partial charge is 0.464 e. The van der Waals surface area contributed by atoms with Gasteiger partial charge in [0, 0.05) is 5.92 Å². The number of carbonyl (C=O) groups excluding carboxylic acids is 3. The highest BCUT2D eigenvalue weighted by atomic mass is 28.4. The first kappa shape index (κ1) is 39.1. The SMILES string of the molecule is CC(C)(C)C(=O)OCOC(=O)Nc1ncnn2c([C@]3(C#N)C[C@H](COC(=O)[C@@H](N)C(C)(C)C)C(O[Si](C)(C)C)C3O[Si](C)(C)C)ccc12. The van der Waals surface area contributed by atoms with E-state index < -0.39 is 81.9 Å². The maximum Gasteiger partial charge on any atom is 0.415 e. The minimum atomic E-state index is -2.30. The number of esters is 2. The van der Waals surface area contributed by atoms with Gasteiger partial charge in [-0.25, -0.2) is 14.3 Å². The van der Waals surface area contributed by atoms with Gasteiger partial charge in [0.2, 0.25) is 6.79 Å². The van der Waals surface area contributed by atoms with Gasteiger partial charge in [0.15, 0.2) is 22.5 Å². The van der Waals surface area contributed by atoms with Crippen LogP contribution in [0.5, 0.6) is 0 Å². The van der Waals surface area contributed by atoms with Crippen molar-refractivity contribution >= 4 is 46.0 Å². The molecule has 0 radical (unpaired) electrons. The van der Waals surface area contributed by atoms with Crippen LogP contribution in [0, 0.1) is 28.1 Å². The van der Waals surface area contributed by atoms with Crippen molar-refractivity contribution in [1.29, 1.82) is 5.26 Å². The number of hydrogen-bond acceptors (Lipinski definition) is 12. The molecule has 3 rings (SSSR count). The average Bonchev–Trinajstić information content (AvgIpc) is 3.49. The summed E-state index contributed by atoms with van der Waals surface area (Å²) in [5, 5.41) is 18.1. The van der Waals surface area contributed by atoms with E-state index in [-0.39, 0.29) is 18.8 Å². The van der Waals surface area contributed by atoms with Gasteiger partial charge < -0.3 is 28.8 Å². The fourth-order valence-corrected chi connectivity index (χ4v) is 7.57. The van der Waals surface area contributed by atoms with E-state index in [1.54, 1.807) is 37.4 Å². The normalized spacial score (nSPS) is 22.5. The Kier molecular flexibility index (Phi) is 11.6. The van der Waals surface area contributed by atoms with E-state index in [0.717, 1.165) is 0 Å². The van der Waals surface area contributed by atoms with Gasteiger partial charge in [0.05, 0.1) is 36.0 Å². The van der Waals surface area contributed by atoms with Crippen molar-refractivity contribution < 1.29 is 37.4 Å². The first-order valence-electron chi connectivity index (χ1n) is 16.0. The third kappa shape index (κ3) is 9.41. The average molecular weight is 705 g/mol. The summed E-state index contributed by atoms with van der Waals surface area (Å²) in [4.78, 5) is 41.8. The zero-order valence-corrected chi connectivity index (χ0v) is 32.3. The fraction of sp³-hybridized carbons (Fsp3) is 0.688. The molecule has 266 valence electrons. The Morgan fingerprint density at radius 2 is 1.67 bits per heavy atom. The van der Waals surface area contributed by atoms with Gasteiger partial charge in [0.1, 0.15) is 23.3 Å². The zero-order valence-electron chi connectivity index (χ0n) is 30.3. The van der Waals surface area contributed by atoms with Crippen molar-refractivity contribution in [3.8, 4) is 6.07 Å². The number of anilines is 1. The molecule has 14 nitrogen and oxygen atoms in total. The van der Waals surface area contributed by atoms with Crippen LogP contribution in [0.3, 0.4) is 0 Å². The number of nitrogens with one attached hydrogen (secondary N) is 1. The van der Waals surface area contributed by atoms with E-state index in [1.165, 1.54) is 6.33 Å². The number of hydrogen-bond donors (Lipinski definition) is 2. The summed E-state index contributed by atoms with van der Waals surface area (Å²) in [6, 6.07) is 5.18. The first-order valence-corrected chi connectivity index (χ1v) is 22.8. The highest BCUT2D eigenvalue weighted by Gasteiger charge is 2.60. The lowest BCUT2D eigenvalue weighted by Gasteiger charge is -2.38. The second-order valence-electron chi connectivity index (χ2n) is 16.3. The summed E-state index contributed by atoms with van der Waals surface area (Å²) in [6.45, 7) is 22.4. The van der Waals surface area contributed by atoms with Crippen molar-refractivity contribution in [2.75, 3.05) is 18.7 Å². The van der Waals surface area contributed by atoms with Crippen LogP contribution in [0.15, 0.2) is 18.5 Å². The smallest absolute Gasteiger partial charge is 0.415 e. The lowest BCUT2D eigenvalue weighted by molar-refractivity contribution is -0.161. The highest BCUT2D eigenvalue weighted by molar-refractivity contribution is 6.70. The predicted octanol–water partition coefficient (Wildman–Crippen LogP) is 4.96. The Morgan fingerprint density at radius 3 is 2.21 bits per heavy atom. The third-order valence-corrected chi connectivity index (χ3v) is 9.69. The van der Waals surface area contributed by atoms with Gasteiger partial charge in [-0.1, -0.05) is 20.8 Å². The van der Waals surface area contributed by atoms with Gasteiger partial charge in [0.25, 0.3) is 0 Å². The zero-order chi connectivity index (χ0) is 36.5. The summed E-state index contributed by atoms with van der Waals surface area (Å²) >= 11 is 0. The summed E-state index contributed by atoms with van der Waals surface area (Å²) < 4.78 is 31.0. The van der Waals surface area contributed by atoms with E-state index in [4.69, 9.17) is 28.8 Å². The van der Waals surface area contributed by atoms with Crippen molar-refractivity contribution in [3.05, 3.63) is 24.2 Å². The Bertz CT molecular complexity index is 1530. The van der Waals surface area contributed by atoms with Gasteiger partial charge in [-0.05, 0) is 84.0 Å². The Morgan fingerprint density at radius 1 is 1.04 bits per heavy atom. The molecule has 16 heteroatoms. The number of rotatable bonds is 11. The number of nitriles is 1. The molecule has 3 N–H and O–H groups in total. The van der Waals surface area contributed by atoms with Crippen molar-refractivity contribution in [2.45, 2.75) is 111 Å². The molecule has 1 aliphatic rings. The lowest BCUT2D eigenvalue weighted by Crippen LogP contribution is -2.51. The number of carbonyl (C=O) groups is 3. The molecule has 2 heterocycles. The molecule has 1 amide bonds. The fourth-order valence-electron chi connectivity index (χ4n) is 5.35. The van der Waals surface area contributed by atoms with E-state index >= 15 is 0 Å². The van der Waals surface area contributed by atoms with Crippen molar-refractivity contribution in [1.82, 2.24) is 14.6 Å². The van der Waals surface area contributed by atoms with Crippen molar-refractivity contribution in [3.63, 3.8) is 0 Å². The predicted molar refractivity (Wildman–Crippen MR) is 184 cm³/mol. The van der Waals surface area contributed by atoms with Gasteiger partial charge in [-0.2, -0.15) is 10.4 Å². The van der Waals surface area contributed by atoms with Gasteiger partial charge >= 0.3 is 18.0 Å². The van der Waals surface area contributed by atoms with Crippen LogP contribution in [-0.4, -0.2) is 80.9 Å². The standard InChI is InChI=1S/C32H52N6O8Si2/c1-30(2,3)24(34)27(39)42-16-20-15-32(17-33,25(46-48(10,11)12)23(20)45-47(7,8)9)22-14-13-21-26(35-18-36-38(21)22)37-29(41)44-19-43-28(40)31(4,5)6/h13-14,18,20,23-25H,15-16,19,34H2,1-12H3,(H,35,36,37,41)/t20-,23?,24-,25?,32-/m1/s1. The second kappa shape index (κ2) is 14.2. The van der Waals surface area contributed by atoms with E-state index in [2.05, 4.69) is 41.1 Å². The molecule has 2 aromatic rings. The Labute approximate surface area is 285 Å². The molecular weight excluding hydrogens is 653 g/mol. The molecular formula is C32H52N6O8Si2. The maximum absolute atomic E-state index is 13.0. The highest BCUT2D eigenvalue weighted by Crippen LogP contribution is 2.49.